The highest BCUT2D eigenvalue weighted by Gasteiger charge is 2.09. The van der Waals surface area contributed by atoms with Crippen molar-refractivity contribution in [2.75, 3.05) is 25.6 Å². The van der Waals surface area contributed by atoms with Gasteiger partial charge < -0.3 is 14.6 Å². The fourth-order valence-corrected chi connectivity index (χ4v) is 1.65. The fraction of sp³-hybridized carbons (Fsp3) is 0.750. The summed E-state index contributed by atoms with van der Waals surface area (Å²) >= 11 is 0. The van der Waals surface area contributed by atoms with Crippen LogP contribution >= 0.6 is 0 Å². The Labute approximate surface area is 98.0 Å². The van der Waals surface area contributed by atoms with Crippen molar-refractivity contribution in [3.05, 3.63) is 11.9 Å². The Bertz CT molecular complexity index is 320. The molecular formula is C12H23N3O. The van der Waals surface area contributed by atoms with Gasteiger partial charge in [0.25, 0.3) is 0 Å². The fourth-order valence-electron chi connectivity index (χ4n) is 1.65. The normalized spacial score (nSPS) is 13.1. The van der Waals surface area contributed by atoms with Crippen LogP contribution in [0.3, 0.4) is 0 Å². The Hall–Kier alpha value is -1.03. The van der Waals surface area contributed by atoms with Crippen molar-refractivity contribution in [3.63, 3.8) is 0 Å². The summed E-state index contributed by atoms with van der Waals surface area (Å²) in [6.45, 7) is 10.1. The molecule has 0 aliphatic heterocycles. The standard InChI is InChI=1S/C12H23N3O/c1-9(2)15-7-11(4)14-12(15)13-6-10(3)8-16-5/h7,9-10H,6,8H2,1-5H3,(H,13,14). The number of methoxy groups -OCH3 is 1. The van der Waals surface area contributed by atoms with Crippen LogP contribution in [0.5, 0.6) is 0 Å². The minimum absolute atomic E-state index is 0.432. The van der Waals surface area contributed by atoms with Crippen LogP contribution in [-0.4, -0.2) is 29.8 Å². The van der Waals surface area contributed by atoms with E-state index in [1.165, 1.54) is 0 Å². The first-order chi connectivity index (χ1) is 7.54. The third-order valence-corrected chi connectivity index (χ3v) is 2.47. The molecule has 0 aliphatic carbocycles. The van der Waals surface area contributed by atoms with Crippen molar-refractivity contribution in [1.29, 1.82) is 0 Å². The van der Waals surface area contributed by atoms with Gasteiger partial charge in [-0.25, -0.2) is 4.98 Å². The molecule has 0 spiro atoms. The SMILES string of the molecule is COCC(C)CNc1nc(C)cn1C(C)C. The molecule has 92 valence electrons. The van der Waals surface area contributed by atoms with Gasteiger partial charge in [0.1, 0.15) is 0 Å². The van der Waals surface area contributed by atoms with Gasteiger partial charge in [-0.15, -0.1) is 0 Å². The number of nitrogens with zero attached hydrogens (tertiary/aromatic N) is 2. The van der Waals surface area contributed by atoms with E-state index < -0.39 is 0 Å². The van der Waals surface area contributed by atoms with Gasteiger partial charge in [-0.1, -0.05) is 6.92 Å². The summed E-state index contributed by atoms with van der Waals surface area (Å²) in [5.74, 6) is 1.44. The van der Waals surface area contributed by atoms with E-state index in [0.717, 1.165) is 24.8 Å². The van der Waals surface area contributed by atoms with Gasteiger partial charge in [0.15, 0.2) is 0 Å². The zero-order chi connectivity index (χ0) is 12.1. The topological polar surface area (TPSA) is 39.1 Å². The molecule has 0 saturated heterocycles. The van der Waals surface area contributed by atoms with Crippen molar-refractivity contribution in [2.24, 2.45) is 5.92 Å². The minimum Gasteiger partial charge on any atom is -0.384 e. The van der Waals surface area contributed by atoms with Crippen LogP contribution in [0, 0.1) is 12.8 Å². The number of aromatic nitrogens is 2. The van der Waals surface area contributed by atoms with Crippen LogP contribution < -0.4 is 5.32 Å². The second-order valence-electron chi connectivity index (χ2n) is 4.65. The van der Waals surface area contributed by atoms with Crippen molar-refractivity contribution in [2.45, 2.75) is 33.7 Å². The molecule has 0 saturated carbocycles. The number of anilines is 1. The molecular weight excluding hydrogens is 202 g/mol. The average Bonchev–Trinajstić information content (AvgIpc) is 2.57. The molecule has 0 amide bonds. The van der Waals surface area contributed by atoms with Gasteiger partial charge >= 0.3 is 0 Å². The third-order valence-electron chi connectivity index (χ3n) is 2.47. The molecule has 4 nitrogen and oxygen atoms in total. The Kier molecular flexibility index (Phi) is 4.80. The smallest absolute Gasteiger partial charge is 0.203 e. The number of imidazole rings is 1. The highest BCUT2D eigenvalue weighted by Crippen LogP contribution is 2.15. The lowest BCUT2D eigenvalue weighted by molar-refractivity contribution is 0.164. The van der Waals surface area contributed by atoms with Gasteiger partial charge in [0.05, 0.1) is 12.3 Å². The molecule has 1 rings (SSSR count). The molecule has 4 heteroatoms. The maximum absolute atomic E-state index is 5.11. The molecule has 1 aromatic rings. The van der Waals surface area contributed by atoms with Crippen LogP contribution in [-0.2, 0) is 4.74 Å². The molecule has 0 fully saturated rings. The summed E-state index contributed by atoms with van der Waals surface area (Å²) < 4.78 is 7.27. The maximum atomic E-state index is 5.11. The van der Waals surface area contributed by atoms with E-state index >= 15 is 0 Å². The summed E-state index contributed by atoms with van der Waals surface area (Å²) in [4.78, 5) is 4.48. The van der Waals surface area contributed by atoms with Gasteiger partial charge in [0, 0.05) is 25.9 Å². The monoisotopic (exact) mass is 225 g/mol. The summed E-state index contributed by atoms with van der Waals surface area (Å²) in [6.07, 6.45) is 2.08. The molecule has 0 bridgehead atoms. The second-order valence-corrected chi connectivity index (χ2v) is 4.65. The summed E-state index contributed by atoms with van der Waals surface area (Å²) in [6, 6.07) is 0.432. The van der Waals surface area contributed by atoms with Crippen LogP contribution in [0.15, 0.2) is 6.20 Å². The minimum atomic E-state index is 0.432. The lowest BCUT2D eigenvalue weighted by Gasteiger charge is -2.15. The van der Waals surface area contributed by atoms with Crippen LogP contribution in [0.25, 0.3) is 0 Å². The number of ether oxygens (including phenoxy) is 1. The van der Waals surface area contributed by atoms with Gasteiger partial charge in [0.2, 0.25) is 5.95 Å². The van der Waals surface area contributed by atoms with Crippen molar-refractivity contribution >= 4 is 5.95 Å². The number of nitrogens with one attached hydrogen (secondary N) is 1. The quantitative estimate of drug-likeness (QED) is 0.808. The van der Waals surface area contributed by atoms with Crippen molar-refractivity contribution < 1.29 is 4.74 Å². The number of hydrogen-bond donors (Lipinski definition) is 1. The molecule has 1 atom stereocenters. The lowest BCUT2D eigenvalue weighted by Crippen LogP contribution is -2.18. The molecule has 1 N–H and O–H groups in total. The second kappa shape index (κ2) is 5.89. The van der Waals surface area contributed by atoms with E-state index in [0.29, 0.717) is 12.0 Å². The first kappa shape index (κ1) is 13.0. The highest BCUT2D eigenvalue weighted by atomic mass is 16.5. The van der Waals surface area contributed by atoms with E-state index in [4.69, 9.17) is 4.74 Å². The average molecular weight is 225 g/mol. The Morgan fingerprint density at radius 2 is 2.12 bits per heavy atom. The predicted octanol–water partition coefficient (Wildman–Crippen LogP) is 2.47. The van der Waals surface area contributed by atoms with Crippen LogP contribution in [0.4, 0.5) is 5.95 Å². The highest BCUT2D eigenvalue weighted by molar-refractivity contribution is 5.29. The zero-order valence-electron chi connectivity index (χ0n) is 10.9. The summed E-state index contributed by atoms with van der Waals surface area (Å²) in [5, 5.41) is 3.37. The molecule has 0 aliphatic rings. The van der Waals surface area contributed by atoms with Crippen molar-refractivity contribution in [1.82, 2.24) is 9.55 Å². The molecule has 1 heterocycles. The molecule has 16 heavy (non-hydrogen) atoms. The van der Waals surface area contributed by atoms with Gasteiger partial charge in [-0.3, -0.25) is 0 Å². The number of hydrogen-bond acceptors (Lipinski definition) is 3. The largest absolute Gasteiger partial charge is 0.384 e. The summed E-state index contributed by atoms with van der Waals surface area (Å²) in [7, 11) is 1.73. The van der Waals surface area contributed by atoms with E-state index in [-0.39, 0.29) is 0 Å². The Balaban J connectivity index is 2.59. The maximum Gasteiger partial charge on any atom is 0.203 e. The number of rotatable bonds is 6. The van der Waals surface area contributed by atoms with Gasteiger partial charge in [-0.05, 0) is 26.7 Å². The molecule has 1 aromatic heterocycles. The zero-order valence-corrected chi connectivity index (χ0v) is 10.9. The molecule has 0 aromatic carbocycles. The predicted molar refractivity (Wildman–Crippen MR) is 66.9 cm³/mol. The first-order valence-corrected chi connectivity index (χ1v) is 5.82. The van der Waals surface area contributed by atoms with E-state index in [1.54, 1.807) is 7.11 Å². The van der Waals surface area contributed by atoms with Crippen LogP contribution in [0.2, 0.25) is 0 Å². The van der Waals surface area contributed by atoms with Crippen LogP contribution in [0.1, 0.15) is 32.5 Å². The number of aryl methyl sites for hydroxylation is 1. The molecule has 0 radical (unpaired) electrons. The Morgan fingerprint density at radius 1 is 1.44 bits per heavy atom. The van der Waals surface area contributed by atoms with E-state index in [2.05, 4.69) is 41.8 Å². The Morgan fingerprint density at radius 3 is 2.69 bits per heavy atom. The first-order valence-electron chi connectivity index (χ1n) is 5.82. The molecule has 1 unspecified atom stereocenters. The third kappa shape index (κ3) is 3.52. The lowest BCUT2D eigenvalue weighted by atomic mass is 10.2. The van der Waals surface area contributed by atoms with E-state index in [1.807, 2.05) is 6.92 Å². The van der Waals surface area contributed by atoms with Crippen molar-refractivity contribution in [3.8, 4) is 0 Å². The summed E-state index contributed by atoms with van der Waals surface area (Å²) in [5.41, 5.74) is 1.05. The van der Waals surface area contributed by atoms with Gasteiger partial charge in [-0.2, -0.15) is 0 Å². The van der Waals surface area contributed by atoms with E-state index in [9.17, 15) is 0 Å².